The Morgan fingerprint density at radius 3 is 2.40 bits per heavy atom. The number of nitrogens with one attached hydrogen (secondary N) is 1. The average molecular weight is 295 g/mol. The van der Waals surface area contributed by atoms with Crippen molar-refractivity contribution < 1.29 is 0 Å². The standard InChI is InChI=1S/C17H30N2S/c1-16(2,3)14-11-19(10-13-7-8-20-12-13)15(9-18-14)17(4,5)6/h7-8,12,14-15,18H,9-11H2,1-6H3. The van der Waals surface area contributed by atoms with Crippen molar-refractivity contribution >= 4 is 11.3 Å². The highest BCUT2D eigenvalue weighted by Gasteiger charge is 2.38. The van der Waals surface area contributed by atoms with Gasteiger partial charge in [-0.15, -0.1) is 0 Å². The van der Waals surface area contributed by atoms with Gasteiger partial charge in [0.25, 0.3) is 0 Å². The van der Waals surface area contributed by atoms with Crippen LogP contribution in [0.5, 0.6) is 0 Å². The highest BCUT2D eigenvalue weighted by molar-refractivity contribution is 7.07. The van der Waals surface area contributed by atoms with Crippen LogP contribution in [0.3, 0.4) is 0 Å². The molecule has 3 heteroatoms. The normalized spacial score (nSPS) is 25.9. The Morgan fingerprint density at radius 1 is 1.20 bits per heavy atom. The smallest absolute Gasteiger partial charge is 0.0273 e. The van der Waals surface area contributed by atoms with E-state index >= 15 is 0 Å². The first-order valence-corrected chi connectivity index (χ1v) is 8.61. The van der Waals surface area contributed by atoms with Gasteiger partial charge in [-0.25, -0.2) is 0 Å². The van der Waals surface area contributed by atoms with E-state index < -0.39 is 0 Å². The predicted molar refractivity (Wildman–Crippen MR) is 89.2 cm³/mol. The molecule has 1 aromatic heterocycles. The van der Waals surface area contributed by atoms with Crippen molar-refractivity contribution in [1.82, 2.24) is 10.2 Å². The summed E-state index contributed by atoms with van der Waals surface area (Å²) in [6.07, 6.45) is 0. The van der Waals surface area contributed by atoms with E-state index in [1.165, 1.54) is 5.56 Å². The van der Waals surface area contributed by atoms with Gasteiger partial charge >= 0.3 is 0 Å². The summed E-state index contributed by atoms with van der Waals surface area (Å²) in [6, 6.07) is 3.43. The lowest BCUT2D eigenvalue weighted by atomic mass is 9.79. The molecule has 1 aromatic rings. The van der Waals surface area contributed by atoms with Crippen molar-refractivity contribution in [2.75, 3.05) is 13.1 Å². The van der Waals surface area contributed by atoms with Gasteiger partial charge in [0.05, 0.1) is 0 Å². The Kier molecular flexibility index (Phi) is 4.63. The van der Waals surface area contributed by atoms with Gasteiger partial charge in [-0.05, 0) is 33.2 Å². The lowest BCUT2D eigenvalue weighted by Gasteiger charge is -2.49. The molecule has 0 radical (unpaired) electrons. The van der Waals surface area contributed by atoms with Crippen LogP contribution in [0.1, 0.15) is 47.1 Å². The molecule has 2 unspecified atom stereocenters. The molecule has 0 aromatic carbocycles. The van der Waals surface area contributed by atoms with Gasteiger partial charge in [0.2, 0.25) is 0 Å². The lowest BCUT2D eigenvalue weighted by molar-refractivity contribution is 0.0249. The average Bonchev–Trinajstić information content (AvgIpc) is 2.79. The van der Waals surface area contributed by atoms with E-state index in [0.717, 1.165) is 19.6 Å². The van der Waals surface area contributed by atoms with Crippen LogP contribution in [0.4, 0.5) is 0 Å². The van der Waals surface area contributed by atoms with Crippen molar-refractivity contribution in [3.8, 4) is 0 Å². The Hall–Kier alpha value is -0.380. The lowest BCUT2D eigenvalue weighted by Crippen LogP contribution is -2.63. The molecule has 2 rings (SSSR count). The molecular weight excluding hydrogens is 264 g/mol. The summed E-state index contributed by atoms with van der Waals surface area (Å²) in [5, 5.41) is 8.26. The van der Waals surface area contributed by atoms with Crippen LogP contribution in [0.2, 0.25) is 0 Å². The van der Waals surface area contributed by atoms with E-state index in [0.29, 0.717) is 22.9 Å². The van der Waals surface area contributed by atoms with E-state index in [1.54, 1.807) is 11.3 Å². The van der Waals surface area contributed by atoms with Gasteiger partial charge in [0, 0.05) is 31.7 Å². The van der Waals surface area contributed by atoms with Crippen LogP contribution in [0.15, 0.2) is 16.8 Å². The Bertz CT molecular complexity index is 411. The van der Waals surface area contributed by atoms with Gasteiger partial charge in [0.15, 0.2) is 0 Å². The van der Waals surface area contributed by atoms with E-state index in [-0.39, 0.29) is 0 Å². The highest BCUT2D eigenvalue weighted by atomic mass is 32.1. The van der Waals surface area contributed by atoms with E-state index in [2.05, 4.69) is 68.6 Å². The first-order chi connectivity index (χ1) is 9.18. The summed E-state index contributed by atoms with van der Waals surface area (Å²) < 4.78 is 0. The van der Waals surface area contributed by atoms with Crippen molar-refractivity contribution in [1.29, 1.82) is 0 Å². The van der Waals surface area contributed by atoms with Crippen molar-refractivity contribution in [3.63, 3.8) is 0 Å². The largest absolute Gasteiger partial charge is 0.311 e. The molecule has 114 valence electrons. The van der Waals surface area contributed by atoms with E-state index in [9.17, 15) is 0 Å². The summed E-state index contributed by atoms with van der Waals surface area (Å²) in [5.74, 6) is 0. The molecular formula is C17H30N2S. The van der Waals surface area contributed by atoms with E-state index in [4.69, 9.17) is 0 Å². The Balaban J connectivity index is 2.15. The van der Waals surface area contributed by atoms with Crippen LogP contribution >= 0.6 is 11.3 Å². The summed E-state index contributed by atoms with van der Waals surface area (Å²) in [7, 11) is 0. The minimum atomic E-state index is 0.311. The second-order valence-electron chi connectivity index (χ2n) is 8.27. The molecule has 0 spiro atoms. The van der Waals surface area contributed by atoms with Crippen molar-refractivity contribution in [2.24, 2.45) is 10.8 Å². The summed E-state index contributed by atoms with van der Waals surface area (Å²) in [4.78, 5) is 2.69. The second kappa shape index (κ2) is 5.78. The van der Waals surface area contributed by atoms with Gasteiger partial charge in [0.1, 0.15) is 0 Å². The van der Waals surface area contributed by atoms with Crippen LogP contribution in [-0.4, -0.2) is 30.1 Å². The van der Waals surface area contributed by atoms with Gasteiger partial charge in [-0.1, -0.05) is 41.5 Å². The van der Waals surface area contributed by atoms with Crippen LogP contribution in [0, 0.1) is 10.8 Å². The molecule has 1 aliphatic heterocycles. The van der Waals surface area contributed by atoms with Gasteiger partial charge in [-0.3, -0.25) is 4.90 Å². The molecule has 1 N–H and O–H groups in total. The summed E-state index contributed by atoms with van der Waals surface area (Å²) >= 11 is 1.80. The molecule has 20 heavy (non-hydrogen) atoms. The van der Waals surface area contributed by atoms with Crippen molar-refractivity contribution in [2.45, 2.75) is 60.2 Å². The molecule has 2 heterocycles. The van der Waals surface area contributed by atoms with Gasteiger partial charge < -0.3 is 5.32 Å². The molecule has 0 amide bonds. The zero-order valence-corrected chi connectivity index (χ0v) is 14.7. The predicted octanol–water partition coefficient (Wildman–Crippen LogP) is 3.98. The number of nitrogens with zero attached hydrogens (tertiary/aromatic N) is 1. The minimum Gasteiger partial charge on any atom is -0.311 e. The molecule has 2 atom stereocenters. The first-order valence-electron chi connectivity index (χ1n) is 7.66. The number of thiophene rings is 1. The van der Waals surface area contributed by atoms with Crippen molar-refractivity contribution in [3.05, 3.63) is 22.4 Å². The SMILES string of the molecule is CC(C)(C)C1CN(Cc2ccsc2)C(C(C)(C)C)CN1. The summed E-state index contributed by atoms with van der Waals surface area (Å²) in [5.41, 5.74) is 2.08. The third kappa shape index (κ3) is 3.84. The quantitative estimate of drug-likeness (QED) is 0.887. The molecule has 2 nitrogen and oxygen atoms in total. The third-order valence-corrected chi connectivity index (χ3v) is 5.16. The second-order valence-corrected chi connectivity index (χ2v) is 9.05. The molecule has 0 saturated carbocycles. The van der Waals surface area contributed by atoms with Crippen LogP contribution < -0.4 is 5.32 Å². The Labute approximate surface area is 128 Å². The number of rotatable bonds is 2. The maximum absolute atomic E-state index is 3.79. The third-order valence-electron chi connectivity index (χ3n) is 4.43. The first kappa shape index (κ1) is 16.0. The monoisotopic (exact) mass is 294 g/mol. The number of hydrogen-bond donors (Lipinski definition) is 1. The fraction of sp³-hybridized carbons (Fsp3) is 0.765. The van der Waals surface area contributed by atoms with Crippen LogP contribution in [0.25, 0.3) is 0 Å². The fourth-order valence-electron chi connectivity index (χ4n) is 3.04. The molecule has 1 aliphatic rings. The number of hydrogen-bond acceptors (Lipinski definition) is 3. The zero-order chi connectivity index (χ0) is 15.0. The maximum Gasteiger partial charge on any atom is 0.0273 e. The molecule has 1 saturated heterocycles. The maximum atomic E-state index is 3.79. The minimum absolute atomic E-state index is 0.311. The van der Waals surface area contributed by atoms with Crippen LogP contribution in [-0.2, 0) is 6.54 Å². The topological polar surface area (TPSA) is 15.3 Å². The highest BCUT2D eigenvalue weighted by Crippen LogP contribution is 2.31. The number of piperazine rings is 1. The zero-order valence-electron chi connectivity index (χ0n) is 13.9. The van der Waals surface area contributed by atoms with Gasteiger partial charge in [-0.2, -0.15) is 11.3 Å². The summed E-state index contributed by atoms with van der Waals surface area (Å²) in [6.45, 7) is 17.4. The Morgan fingerprint density at radius 2 is 1.90 bits per heavy atom. The molecule has 0 aliphatic carbocycles. The fourth-order valence-corrected chi connectivity index (χ4v) is 3.69. The molecule has 1 fully saturated rings. The molecule has 0 bridgehead atoms. The van der Waals surface area contributed by atoms with E-state index in [1.807, 2.05) is 0 Å².